The molecule has 1 nitrogen and oxygen atoms in total. The van der Waals surface area contributed by atoms with E-state index in [1.54, 1.807) is 5.57 Å². The molecule has 1 heterocycles. The van der Waals surface area contributed by atoms with Crippen LogP contribution in [-0.4, -0.2) is 4.98 Å². The second-order valence-corrected chi connectivity index (χ2v) is 3.84. The van der Waals surface area contributed by atoms with E-state index in [2.05, 4.69) is 31.0 Å². The molecule has 0 saturated carbocycles. The van der Waals surface area contributed by atoms with Gasteiger partial charge in [-0.15, -0.1) is 0 Å². The number of pyridine rings is 1. The molecular formula is C12H15N. The first-order valence-electron chi connectivity index (χ1n) is 4.89. The van der Waals surface area contributed by atoms with Crippen LogP contribution in [-0.2, 0) is 0 Å². The van der Waals surface area contributed by atoms with E-state index < -0.39 is 0 Å². The van der Waals surface area contributed by atoms with Gasteiger partial charge in [-0.2, -0.15) is 0 Å². The molecule has 1 aliphatic carbocycles. The molecule has 13 heavy (non-hydrogen) atoms. The molecule has 0 fully saturated rings. The standard InChI is InChI=1S/C12H15N/c1-9-3-4-12(10(9)2)11-5-7-13-8-6-11/h5-9H,3-4H2,1-2H3/t9-/m0/s1. The minimum absolute atomic E-state index is 0.767. The molecule has 1 aromatic heterocycles. The smallest absolute Gasteiger partial charge is 0.0273 e. The average molecular weight is 173 g/mol. The van der Waals surface area contributed by atoms with Crippen LogP contribution in [0.3, 0.4) is 0 Å². The molecule has 0 saturated heterocycles. The molecule has 0 aromatic carbocycles. The summed E-state index contributed by atoms with van der Waals surface area (Å²) < 4.78 is 0. The van der Waals surface area contributed by atoms with Gasteiger partial charge < -0.3 is 0 Å². The summed E-state index contributed by atoms with van der Waals surface area (Å²) in [6, 6.07) is 4.22. The van der Waals surface area contributed by atoms with E-state index in [4.69, 9.17) is 0 Å². The van der Waals surface area contributed by atoms with E-state index in [1.165, 1.54) is 24.0 Å². The molecule has 0 spiro atoms. The zero-order valence-corrected chi connectivity index (χ0v) is 8.25. The molecule has 68 valence electrons. The van der Waals surface area contributed by atoms with Crippen molar-refractivity contribution in [3.05, 3.63) is 35.7 Å². The van der Waals surface area contributed by atoms with Crippen LogP contribution in [0.1, 0.15) is 32.3 Å². The van der Waals surface area contributed by atoms with Gasteiger partial charge in [0.1, 0.15) is 0 Å². The molecule has 0 radical (unpaired) electrons. The topological polar surface area (TPSA) is 12.9 Å². The minimum atomic E-state index is 0.767. The van der Waals surface area contributed by atoms with Crippen LogP contribution in [0, 0.1) is 5.92 Å². The van der Waals surface area contributed by atoms with Gasteiger partial charge in [0.05, 0.1) is 0 Å². The van der Waals surface area contributed by atoms with Gasteiger partial charge in [0.2, 0.25) is 0 Å². The third kappa shape index (κ3) is 1.51. The average Bonchev–Trinajstić information content (AvgIpc) is 2.49. The Morgan fingerprint density at radius 1 is 1.31 bits per heavy atom. The van der Waals surface area contributed by atoms with E-state index in [9.17, 15) is 0 Å². The summed E-state index contributed by atoms with van der Waals surface area (Å²) in [5.41, 5.74) is 4.46. The molecule has 1 aliphatic rings. The van der Waals surface area contributed by atoms with Crippen molar-refractivity contribution in [1.29, 1.82) is 0 Å². The number of aromatic nitrogens is 1. The SMILES string of the molecule is CC1=C(c2ccncc2)CC[C@@H]1C. The number of rotatable bonds is 1. The third-order valence-electron chi connectivity index (χ3n) is 3.07. The Bertz CT molecular complexity index is 324. The Labute approximate surface area is 79.5 Å². The largest absolute Gasteiger partial charge is 0.265 e. The fourth-order valence-corrected chi connectivity index (χ4v) is 2.00. The summed E-state index contributed by atoms with van der Waals surface area (Å²) >= 11 is 0. The summed E-state index contributed by atoms with van der Waals surface area (Å²) in [6.07, 6.45) is 6.29. The van der Waals surface area contributed by atoms with Crippen molar-refractivity contribution in [1.82, 2.24) is 4.98 Å². The van der Waals surface area contributed by atoms with Gasteiger partial charge in [-0.25, -0.2) is 0 Å². The molecule has 2 rings (SSSR count). The molecule has 0 amide bonds. The number of hydrogen-bond donors (Lipinski definition) is 0. The molecule has 0 aliphatic heterocycles. The highest BCUT2D eigenvalue weighted by atomic mass is 14.6. The Kier molecular flexibility index (Phi) is 2.17. The van der Waals surface area contributed by atoms with Gasteiger partial charge in [0.25, 0.3) is 0 Å². The summed E-state index contributed by atoms with van der Waals surface area (Å²) in [4.78, 5) is 4.04. The lowest BCUT2D eigenvalue weighted by atomic mass is 10.0. The fourth-order valence-electron chi connectivity index (χ4n) is 2.00. The highest BCUT2D eigenvalue weighted by Gasteiger charge is 2.18. The van der Waals surface area contributed by atoms with Gasteiger partial charge in [-0.05, 0) is 49.0 Å². The molecular weight excluding hydrogens is 158 g/mol. The second kappa shape index (κ2) is 3.33. The molecule has 0 N–H and O–H groups in total. The lowest BCUT2D eigenvalue weighted by molar-refractivity contribution is 0.671. The van der Waals surface area contributed by atoms with Crippen LogP contribution in [0.5, 0.6) is 0 Å². The predicted molar refractivity (Wildman–Crippen MR) is 55.2 cm³/mol. The van der Waals surface area contributed by atoms with Crippen molar-refractivity contribution in [3.8, 4) is 0 Å². The fraction of sp³-hybridized carbons (Fsp3) is 0.417. The van der Waals surface area contributed by atoms with E-state index in [0.29, 0.717) is 0 Å². The zero-order valence-electron chi connectivity index (χ0n) is 8.25. The highest BCUT2D eigenvalue weighted by Crippen LogP contribution is 2.36. The van der Waals surface area contributed by atoms with Gasteiger partial charge in [-0.3, -0.25) is 4.98 Å². The number of hydrogen-bond acceptors (Lipinski definition) is 1. The van der Waals surface area contributed by atoms with E-state index in [1.807, 2.05) is 12.4 Å². The van der Waals surface area contributed by atoms with Crippen LogP contribution in [0.15, 0.2) is 30.1 Å². The van der Waals surface area contributed by atoms with Crippen LogP contribution in [0.25, 0.3) is 5.57 Å². The first-order valence-corrected chi connectivity index (χ1v) is 4.89. The first-order chi connectivity index (χ1) is 6.29. The molecule has 1 heteroatoms. The van der Waals surface area contributed by atoms with Crippen molar-refractivity contribution in [3.63, 3.8) is 0 Å². The summed E-state index contributed by atoms with van der Waals surface area (Å²) in [6.45, 7) is 4.57. The van der Waals surface area contributed by atoms with E-state index >= 15 is 0 Å². The molecule has 1 atom stereocenters. The van der Waals surface area contributed by atoms with Crippen LogP contribution < -0.4 is 0 Å². The Morgan fingerprint density at radius 3 is 2.54 bits per heavy atom. The second-order valence-electron chi connectivity index (χ2n) is 3.84. The maximum absolute atomic E-state index is 4.04. The first kappa shape index (κ1) is 8.49. The Balaban J connectivity index is 2.38. The minimum Gasteiger partial charge on any atom is -0.265 e. The van der Waals surface area contributed by atoms with Crippen LogP contribution >= 0.6 is 0 Å². The van der Waals surface area contributed by atoms with Gasteiger partial charge in [0, 0.05) is 12.4 Å². The van der Waals surface area contributed by atoms with Crippen LogP contribution in [0.4, 0.5) is 0 Å². The van der Waals surface area contributed by atoms with Crippen molar-refractivity contribution in [2.45, 2.75) is 26.7 Å². The van der Waals surface area contributed by atoms with E-state index in [-0.39, 0.29) is 0 Å². The van der Waals surface area contributed by atoms with Crippen molar-refractivity contribution in [2.24, 2.45) is 5.92 Å². The zero-order chi connectivity index (χ0) is 9.26. The lowest BCUT2D eigenvalue weighted by Crippen LogP contribution is -1.87. The molecule has 0 unspecified atom stereocenters. The molecule has 1 aromatic rings. The van der Waals surface area contributed by atoms with Gasteiger partial charge in [0.15, 0.2) is 0 Å². The van der Waals surface area contributed by atoms with Gasteiger partial charge >= 0.3 is 0 Å². The monoisotopic (exact) mass is 173 g/mol. The summed E-state index contributed by atoms with van der Waals surface area (Å²) in [7, 11) is 0. The maximum Gasteiger partial charge on any atom is 0.0273 e. The quantitative estimate of drug-likeness (QED) is 0.635. The van der Waals surface area contributed by atoms with Crippen molar-refractivity contribution >= 4 is 5.57 Å². The lowest BCUT2D eigenvalue weighted by Gasteiger charge is -2.04. The maximum atomic E-state index is 4.04. The van der Waals surface area contributed by atoms with Crippen molar-refractivity contribution < 1.29 is 0 Å². The van der Waals surface area contributed by atoms with Crippen molar-refractivity contribution in [2.75, 3.05) is 0 Å². The van der Waals surface area contributed by atoms with Gasteiger partial charge in [-0.1, -0.05) is 12.5 Å². The molecule has 0 bridgehead atoms. The summed E-state index contributed by atoms with van der Waals surface area (Å²) in [5, 5.41) is 0. The number of allylic oxidation sites excluding steroid dienone is 2. The van der Waals surface area contributed by atoms with Crippen LogP contribution in [0.2, 0.25) is 0 Å². The normalized spacial score (nSPS) is 22.5. The Hall–Kier alpha value is -1.11. The highest BCUT2D eigenvalue weighted by molar-refractivity contribution is 5.70. The summed E-state index contributed by atoms with van der Waals surface area (Å²) in [5.74, 6) is 0.767. The number of nitrogens with zero attached hydrogens (tertiary/aromatic N) is 1. The third-order valence-corrected chi connectivity index (χ3v) is 3.07. The Morgan fingerprint density at radius 2 is 2.00 bits per heavy atom. The predicted octanol–water partition coefficient (Wildman–Crippen LogP) is 3.29. The van der Waals surface area contributed by atoms with E-state index in [0.717, 1.165) is 5.92 Å².